The van der Waals surface area contributed by atoms with E-state index in [2.05, 4.69) is 35.9 Å². The zero-order chi connectivity index (χ0) is 24.6. The molecule has 2 amide bonds. The van der Waals surface area contributed by atoms with Gasteiger partial charge in [-0.05, 0) is 33.2 Å². The Morgan fingerprint density at radius 3 is 1.91 bits per heavy atom. The molecule has 0 heterocycles. The molecule has 0 spiro atoms. The normalized spacial score (nSPS) is 12.6. The molecule has 0 saturated carbocycles. The molecule has 184 valence electrons. The molecule has 0 aromatic heterocycles. The van der Waals surface area contributed by atoms with Crippen LogP contribution in [0.5, 0.6) is 0 Å². The summed E-state index contributed by atoms with van der Waals surface area (Å²) in [7, 11) is 4.74. The molecule has 0 aliphatic carbocycles. The summed E-state index contributed by atoms with van der Waals surface area (Å²) in [6.45, 7) is 0.754. The summed E-state index contributed by atoms with van der Waals surface area (Å²) in [5, 5.41) is 5.28. The highest BCUT2D eigenvalue weighted by Crippen LogP contribution is 2.23. The zero-order valence-corrected chi connectivity index (χ0v) is 22.8. The molecule has 8 nitrogen and oxygen atoms in total. The average molecular weight is 569 g/mol. The molecule has 1 aromatic carbocycles. The van der Waals surface area contributed by atoms with Crippen molar-refractivity contribution >= 4 is 90.5 Å². The Labute approximate surface area is 220 Å². The van der Waals surface area contributed by atoms with Gasteiger partial charge in [-0.25, -0.2) is 0 Å². The van der Waals surface area contributed by atoms with Gasteiger partial charge in [0.05, 0.1) is 18.5 Å². The van der Waals surface area contributed by atoms with Crippen LogP contribution in [0, 0.1) is 0 Å². The van der Waals surface area contributed by atoms with Gasteiger partial charge in [-0.1, -0.05) is 39.8 Å². The van der Waals surface area contributed by atoms with E-state index in [1.54, 1.807) is 24.3 Å². The molecule has 2 atom stereocenters. The van der Waals surface area contributed by atoms with Crippen LogP contribution in [-0.2, 0) is 20.8 Å². The highest BCUT2D eigenvalue weighted by Gasteiger charge is 2.15. The van der Waals surface area contributed by atoms with E-state index in [-0.39, 0.29) is 34.2 Å². The van der Waals surface area contributed by atoms with Crippen LogP contribution in [0.1, 0.15) is 15.9 Å². The van der Waals surface area contributed by atoms with Crippen molar-refractivity contribution in [1.82, 2.24) is 10.6 Å². The van der Waals surface area contributed by atoms with Crippen molar-refractivity contribution in [3.05, 3.63) is 35.4 Å². The molecular formula is C19H28N4O4S6. The highest BCUT2D eigenvalue weighted by molar-refractivity contribution is 8.82. The van der Waals surface area contributed by atoms with Crippen molar-refractivity contribution in [3.63, 3.8) is 0 Å². The van der Waals surface area contributed by atoms with Crippen LogP contribution in [0.4, 0.5) is 0 Å². The predicted molar refractivity (Wildman–Crippen MR) is 149 cm³/mol. The Kier molecular flexibility index (Phi) is 16.6. The van der Waals surface area contributed by atoms with Crippen molar-refractivity contribution in [1.29, 1.82) is 0 Å². The van der Waals surface area contributed by atoms with Crippen molar-refractivity contribution in [2.24, 2.45) is 11.5 Å². The minimum absolute atomic E-state index is 0.0611. The van der Waals surface area contributed by atoms with Crippen molar-refractivity contribution < 1.29 is 19.2 Å². The lowest BCUT2D eigenvalue weighted by Gasteiger charge is -2.11. The molecule has 1 rings (SSSR count). The van der Waals surface area contributed by atoms with Gasteiger partial charge in [-0.15, -0.1) is 0 Å². The van der Waals surface area contributed by atoms with Crippen LogP contribution in [0.3, 0.4) is 0 Å². The van der Waals surface area contributed by atoms with E-state index in [9.17, 15) is 19.2 Å². The molecule has 0 unspecified atom stereocenters. The molecular weight excluding hydrogens is 541 g/mol. The van der Waals surface area contributed by atoms with Crippen molar-refractivity contribution in [2.75, 3.05) is 36.1 Å². The van der Waals surface area contributed by atoms with Gasteiger partial charge in [-0.2, -0.15) is 25.3 Å². The van der Waals surface area contributed by atoms with Crippen LogP contribution in [-0.4, -0.2) is 70.2 Å². The summed E-state index contributed by atoms with van der Waals surface area (Å²) in [6, 6.07) is 5.70. The summed E-state index contributed by atoms with van der Waals surface area (Å²) in [5.41, 5.74) is 12.2. The molecule has 6 N–H and O–H groups in total. The SMILES string of the molecule is N[C@@H](CS)C(=O)SSCCNC(=O)Cc1ccccc1C(=O)NCCSSC(=O)[C@@H](N)CS. The molecule has 14 heteroatoms. The fraction of sp³-hybridized carbons (Fsp3) is 0.474. The van der Waals surface area contributed by atoms with Gasteiger partial charge < -0.3 is 22.1 Å². The Hall–Kier alpha value is -0.480. The Morgan fingerprint density at radius 1 is 0.848 bits per heavy atom. The minimum Gasteiger partial charge on any atom is -0.355 e. The maximum Gasteiger partial charge on any atom is 0.251 e. The fourth-order valence-corrected chi connectivity index (χ4v) is 6.34. The molecule has 0 aliphatic heterocycles. The molecule has 0 saturated heterocycles. The second kappa shape index (κ2) is 17.9. The van der Waals surface area contributed by atoms with E-state index >= 15 is 0 Å². The van der Waals surface area contributed by atoms with Crippen LogP contribution in [0.2, 0.25) is 0 Å². The first-order valence-corrected chi connectivity index (χ1v) is 15.7. The second-order valence-electron chi connectivity index (χ2n) is 6.47. The van der Waals surface area contributed by atoms with Crippen LogP contribution in [0.25, 0.3) is 0 Å². The largest absolute Gasteiger partial charge is 0.355 e. The van der Waals surface area contributed by atoms with Gasteiger partial charge in [-0.3, -0.25) is 19.2 Å². The van der Waals surface area contributed by atoms with E-state index in [0.717, 1.165) is 21.6 Å². The summed E-state index contributed by atoms with van der Waals surface area (Å²) >= 11 is 7.98. The number of nitrogens with two attached hydrogens (primary N) is 2. The maximum absolute atomic E-state index is 12.5. The second-order valence-corrected chi connectivity index (χ2v) is 12.0. The summed E-state index contributed by atoms with van der Waals surface area (Å²) in [4.78, 5) is 48.1. The van der Waals surface area contributed by atoms with Crippen molar-refractivity contribution in [2.45, 2.75) is 18.5 Å². The van der Waals surface area contributed by atoms with E-state index in [1.165, 1.54) is 21.6 Å². The van der Waals surface area contributed by atoms with E-state index < -0.39 is 12.1 Å². The molecule has 0 radical (unpaired) electrons. The van der Waals surface area contributed by atoms with Gasteiger partial charge in [0.15, 0.2) is 0 Å². The lowest BCUT2D eigenvalue weighted by Crippen LogP contribution is -2.31. The summed E-state index contributed by atoms with van der Waals surface area (Å²) in [5.74, 6) is 1.15. The van der Waals surface area contributed by atoms with Crippen LogP contribution < -0.4 is 22.1 Å². The first-order valence-electron chi connectivity index (χ1n) is 9.82. The monoisotopic (exact) mass is 568 g/mol. The topological polar surface area (TPSA) is 144 Å². The van der Waals surface area contributed by atoms with Gasteiger partial charge in [0.2, 0.25) is 16.1 Å². The van der Waals surface area contributed by atoms with Crippen LogP contribution in [0.15, 0.2) is 24.3 Å². The van der Waals surface area contributed by atoms with Gasteiger partial charge in [0.1, 0.15) is 0 Å². The standard InChI is InChI=1S/C19H28N4O4S6/c20-14(10-28)18(26)32-30-7-5-22-16(24)9-12-3-1-2-4-13(12)17(25)23-6-8-31-33-19(27)15(21)11-29/h1-4,14-15,28-29H,5-11,20-21H2,(H,22,24)(H,23,25)/t14-,15-/m0/s1. The number of benzene rings is 1. The third kappa shape index (κ3) is 12.7. The Balaban J connectivity index is 2.38. The molecule has 0 aliphatic rings. The smallest absolute Gasteiger partial charge is 0.251 e. The number of hydrogen-bond acceptors (Lipinski definition) is 12. The zero-order valence-electron chi connectivity index (χ0n) is 17.7. The number of rotatable bonds is 15. The third-order valence-corrected chi connectivity index (χ3v) is 9.26. The Morgan fingerprint density at radius 2 is 1.36 bits per heavy atom. The molecule has 33 heavy (non-hydrogen) atoms. The molecule has 0 fully saturated rings. The first-order chi connectivity index (χ1) is 15.8. The van der Waals surface area contributed by atoms with Gasteiger partial charge in [0, 0.05) is 41.7 Å². The maximum atomic E-state index is 12.5. The minimum atomic E-state index is -0.602. The van der Waals surface area contributed by atoms with Crippen LogP contribution >= 0.6 is 68.4 Å². The number of thiol groups is 2. The number of carbonyl (C=O) groups excluding carboxylic acids is 4. The van der Waals surface area contributed by atoms with Gasteiger partial charge in [0.25, 0.3) is 5.91 Å². The van der Waals surface area contributed by atoms with E-state index in [4.69, 9.17) is 11.5 Å². The number of nitrogens with one attached hydrogen (secondary N) is 2. The lowest BCUT2D eigenvalue weighted by molar-refractivity contribution is -0.120. The molecule has 0 bridgehead atoms. The van der Waals surface area contributed by atoms with E-state index in [1.807, 2.05) is 0 Å². The van der Waals surface area contributed by atoms with Crippen molar-refractivity contribution in [3.8, 4) is 0 Å². The number of hydrogen-bond donors (Lipinski definition) is 6. The number of carbonyl (C=O) groups is 4. The van der Waals surface area contributed by atoms with Gasteiger partial charge >= 0.3 is 0 Å². The van der Waals surface area contributed by atoms with E-state index in [0.29, 0.717) is 41.5 Å². The lowest BCUT2D eigenvalue weighted by atomic mass is 10.0. The highest BCUT2D eigenvalue weighted by atomic mass is 33.1. The summed E-state index contributed by atoms with van der Waals surface area (Å²) < 4.78 is 0. The summed E-state index contributed by atoms with van der Waals surface area (Å²) in [6.07, 6.45) is 0.0611. The first kappa shape index (κ1) is 30.6. The molecule has 1 aromatic rings. The fourth-order valence-electron chi connectivity index (χ4n) is 2.14. The quantitative estimate of drug-likeness (QED) is 0.104. The number of amides is 2. The Bertz CT molecular complexity index is 801. The average Bonchev–Trinajstić information content (AvgIpc) is 2.82. The predicted octanol–water partition coefficient (Wildman–Crippen LogP) is 1.41. The third-order valence-electron chi connectivity index (χ3n) is 3.87.